The Morgan fingerprint density at radius 1 is 0.833 bits per heavy atom. The fraction of sp³-hybridized carbons (Fsp3) is 0.0741. The quantitative estimate of drug-likeness (QED) is 0.241. The topological polar surface area (TPSA) is 75.3 Å². The molecule has 2 N–H and O–H groups in total. The van der Waals surface area contributed by atoms with Crippen LogP contribution in [0.3, 0.4) is 0 Å². The molecular weight excluding hydrogens is 535 g/mol. The third kappa shape index (κ3) is 6.90. The van der Waals surface area contributed by atoms with Crippen LogP contribution in [0.1, 0.15) is 5.56 Å². The Hall–Kier alpha value is -2.81. The lowest BCUT2D eigenvalue weighted by atomic mass is 10.1. The van der Waals surface area contributed by atoms with Crippen LogP contribution in [-0.2, 0) is 21.2 Å². The molecule has 0 spiro atoms. The normalized spacial score (nSPS) is 12.2. The van der Waals surface area contributed by atoms with Crippen LogP contribution < -0.4 is 10.0 Å². The molecule has 0 aliphatic carbocycles. The molecule has 36 heavy (non-hydrogen) atoms. The Morgan fingerprint density at radius 2 is 1.47 bits per heavy atom. The summed E-state index contributed by atoms with van der Waals surface area (Å²) in [5, 5.41) is 3.13. The molecule has 0 fully saturated rings. The zero-order valence-corrected chi connectivity index (χ0v) is 22.0. The Balaban J connectivity index is 1.62. The molecule has 0 heterocycles. The Kier molecular flexibility index (Phi) is 8.72. The van der Waals surface area contributed by atoms with Crippen LogP contribution in [0.25, 0.3) is 0 Å². The van der Waals surface area contributed by atoms with E-state index >= 15 is 0 Å². The van der Waals surface area contributed by atoms with E-state index in [0.29, 0.717) is 5.69 Å². The molecule has 0 aliphatic rings. The summed E-state index contributed by atoms with van der Waals surface area (Å²) >= 11 is 13.7. The van der Waals surface area contributed by atoms with Gasteiger partial charge in [-0.05, 0) is 54.4 Å². The van der Waals surface area contributed by atoms with Crippen molar-refractivity contribution in [2.24, 2.45) is 0 Å². The summed E-state index contributed by atoms with van der Waals surface area (Å²) in [5.74, 6) is -0.498. The standard InChI is InChI=1S/C27H22Cl2N2O3S2/c28-20-15-16-22(29)26(18-20)36(33,34)31-24(17-19-9-3-1-4-10-19)27(32)30-23-13-7-8-14-25(23)35-21-11-5-2-6-12-21/h1-16,18,24,31H,17H2,(H,30,32)/t24-/m1/s1. The number of carbonyl (C=O) groups is 1. The number of rotatable bonds is 9. The van der Waals surface area contributed by atoms with Crippen molar-refractivity contribution in [3.8, 4) is 0 Å². The smallest absolute Gasteiger partial charge is 0.242 e. The van der Waals surface area contributed by atoms with Gasteiger partial charge < -0.3 is 5.32 Å². The maximum absolute atomic E-state index is 13.5. The molecule has 0 radical (unpaired) electrons. The predicted octanol–water partition coefficient (Wildman–Crippen LogP) is 6.67. The fourth-order valence-corrected chi connectivity index (χ4v) is 6.35. The number of para-hydroxylation sites is 1. The molecule has 4 aromatic rings. The highest BCUT2D eigenvalue weighted by Crippen LogP contribution is 2.33. The Morgan fingerprint density at radius 3 is 2.19 bits per heavy atom. The van der Waals surface area contributed by atoms with E-state index < -0.39 is 22.0 Å². The average Bonchev–Trinajstić information content (AvgIpc) is 2.87. The van der Waals surface area contributed by atoms with E-state index in [1.807, 2.05) is 78.9 Å². The van der Waals surface area contributed by atoms with Gasteiger partial charge in [-0.1, -0.05) is 95.6 Å². The van der Waals surface area contributed by atoms with Crippen LogP contribution in [-0.4, -0.2) is 20.4 Å². The predicted molar refractivity (Wildman–Crippen MR) is 146 cm³/mol. The van der Waals surface area contributed by atoms with Crippen molar-refractivity contribution < 1.29 is 13.2 Å². The summed E-state index contributed by atoms with van der Waals surface area (Å²) in [6.45, 7) is 0. The largest absolute Gasteiger partial charge is 0.324 e. The van der Waals surface area contributed by atoms with Crippen molar-refractivity contribution in [1.29, 1.82) is 0 Å². The van der Waals surface area contributed by atoms with E-state index in [0.717, 1.165) is 15.4 Å². The van der Waals surface area contributed by atoms with Gasteiger partial charge in [0.2, 0.25) is 15.9 Å². The van der Waals surface area contributed by atoms with E-state index in [1.54, 1.807) is 6.07 Å². The second-order valence-electron chi connectivity index (χ2n) is 7.84. The summed E-state index contributed by atoms with van der Waals surface area (Å²) in [6.07, 6.45) is 0.137. The van der Waals surface area contributed by atoms with Gasteiger partial charge in [-0.2, -0.15) is 4.72 Å². The van der Waals surface area contributed by atoms with Gasteiger partial charge in [-0.3, -0.25) is 4.79 Å². The van der Waals surface area contributed by atoms with Crippen molar-refractivity contribution in [2.75, 3.05) is 5.32 Å². The maximum atomic E-state index is 13.5. The van der Waals surface area contributed by atoms with Crippen LogP contribution >= 0.6 is 35.0 Å². The molecule has 0 aromatic heterocycles. The van der Waals surface area contributed by atoms with Gasteiger partial charge in [0.25, 0.3) is 0 Å². The third-order valence-electron chi connectivity index (χ3n) is 5.20. The van der Waals surface area contributed by atoms with E-state index in [1.165, 1.54) is 30.0 Å². The van der Waals surface area contributed by atoms with Crippen molar-refractivity contribution >= 4 is 56.6 Å². The maximum Gasteiger partial charge on any atom is 0.242 e. The molecule has 0 saturated heterocycles. The average molecular weight is 558 g/mol. The first-order valence-electron chi connectivity index (χ1n) is 11.0. The van der Waals surface area contributed by atoms with E-state index in [-0.39, 0.29) is 21.4 Å². The molecule has 0 saturated carbocycles. The minimum atomic E-state index is -4.16. The monoisotopic (exact) mass is 556 g/mol. The molecule has 0 aliphatic heterocycles. The van der Waals surface area contributed by atoms with Crippen LogP contribution in [0.2, 0.25) is 10.0 Å². The number of amides is 1. The number of hydrogen-bond donors (Lipinski definition) is 2. The van der Waals surface area contributed by atoms with Gasteiger partial charge in [0.1, 0.15) is 10.9 Å². The number of carbonyl (C=O) groups excluding carboxylic acids is 1. The summed E-state index contributed by atoms with van der Waals surface area (Å²) in [5.41, 5.74) is 1.37. The van der Waals surface area contributed by atoms with Crippen LogP contribution in [0.15, 0.2) is 118 Å². The first-order chi connectivity index (χ1) is 17.3. The first-order valence-corrected chi connectivity index (χ1v) is 14.0. The van der Waals surface area contributed by atoms with Crippen LogP contribution in [0.5, 0.6) is 0 Å². The molecule has 0 unspecified atom stereocenters. The molecule has 184 valence electrons. The lowest BCUT2D eigenvalue weighted by Crippen LogP contribution is -2.45. The highest BCUT2D eigenvalue weighted by atomic mass is 35.5. The number of anilines is 1. The Bertz CT molecular complexity index is 1450. The van der Waals surface area contributed by atoms with Gasteiger partial charge in [0.15, 0.2) is 0 Å². The SMILES string of the molecule is O=C(Nc1ccccc1Sc1ccccc1)[C@@H](Cc1ccccc1)NS(=O)(=O)c1cc(Cl)ccc1Cl. The van der Waals surface area contributed by atoms with E-state index in [4.69, 9.17) is 23.2 Å². The minimum absolute atomic E-state index is 0.00961. The van der Waals surface area contributed by atoms with Gasteiger partial charge >= 0.3 is 0 Å². The zero-order chi connectivity index (χ0) is 25.5. The van der Waals surface area contributed by atoms with Gasteiger partial charge in [0, 0.05) is 14.8 Å². The number of hydrogen-bond acceptors (Lipinski definition) is 4. The molecule has 4 rings (SSSR count). The number of benzene rings is 4. The summed E-state index contributed by atoms with van der Waals surface area (Å²) < 4.78 is 29.0. The third-order valence-corrected chi connectivity index (χ3v) is 8.47. The van der Waals surface area contributed by atoms with E-state index in [2.05, 4.69) is 10.0 Å². The second kappa shape index (κ2) is 12.0. The van der Waals surface area contributed by atoms with Gasteiger partial charge in [-0.15, -0.1) is 0 Å². The van der Waals surface area contributed by atoms with Crippen molar-refractivity contribution in [1.82, 2.24) is 4.72 Å². The van der Waals surface area contributed by atoms with Crippen molar-refractivity contribution in [3.63, 3.8) is 0 Å². The molecule has 9 heteroatoms. The molecular formula is C27H22Cl2N2O3S2. The van der Waals surface area contributed by atoms with Gasteiger partial charge in [0.05, 0.1) is 10.7 Å². The van der Waals surface area contributed by atoms with Crippen LogP contribution in [0.4, 0.5) is 5.69 Å². The molecule has 4 aromatic carbocycles. The lowest BCUT2D eigenvalue weighted by Gasteiger charge is -2.20. The Labute approximate surface area is 224 Å². The highest BCUT2D eigenvalue weighted by molar-refractivity contribution is 7.99. The number of sulfonamides is 1. The number of halogens is 2. The summed E-state index contributed by atoms with van der Waals surface area (Å²) in [6, 6.07) is 29.4. The number of nitrogens with one attached hydrogen (secondary N) is 2. The lowest BCUT2D eigenvalue weighted by molar-refractivity contribution is -0.117. The highest BCUT2D eigenvalue weighted by Gasteiger charge is 2.28. The van der Waals surface area contributed by atoms with Crippen LogP contribution in [0, 0.1) is 0 Å². The molecule has 1 amide bonds. The van der Waals surface area contributed by atoms with Crippen molar-refractivity contribution in [2.45, 2.75) is 27.1 Å². The molecule has 0 bridgehead atoms. The minimum Gasteiger partial charge on any atom is -0.324 e. The zero-order valence-electron chi connectivity index (χ0n) is 18.9. The first kappa shape index (κ1) is 26.3. The molecule has 1 atom stereocenters. The van der Waals surface area contributed by atoms with E-state index in [9.17, 15) is 13.2 Å². The van der Waals surface area contributed by atoms with Gasteiger partial charge in [-0.25, -0.2) is 8.42 Å². The summed E-state index contributed by atoms with van der Waals surface area (Å²) in [7, 11) is -4.16. The fourth-order valence-electron chi connectivity index (χ4n) is 3.47. The van der Waals surface area contributed by atoms with Crippen molar-refractivity contribution in [3.05, 3.63) is 119 Å². The molecule has 5 nitrogen and oxygen atoms in total. The second-order valence-corrected chi connectivity index (χ2v) is 11.5. The summed E-state index contributed by atoms with van der Waals surface area (Å²) in [4.78, 5) is 15.1.